The zero-order chi connectivity index (χ0) is 19.6. The van der Waals surface area contributed by atoms with E-state index in [0.717, 1.165) is 35.8 Å². The molecule has 4 aromatic rings. The second-order valence-electron chi connectivity index (χ2n) is 7.87. The first-order valence-corrected chi connectivity index (χ1v) is 10.6. The van der Waals surface area contributed by atoms with Crippen LogP contribution in [-0.4, -0.2) is 23.1 Å². The van der Waals surface area contributed by atoms with Gasteiger partial charge in [-0.15, -0.1) is 0 Å². The van der Waals surface area contributed by atoms with Crippen molar-refractivity contribution in [2.75, 3.05) is 23.3 Å². The third-order valence-corrected chi connectivity index (χ3v) is 5.87. The second kappa shape index (κ2) is 7.70. The SMILES string of the molecule is CC(Nc1nc(N2CCCCC2)nc2ccccc12)c1cccc2ccccc12. The molecular formula is C25H26N4. The van der Waals surface area contributed by atoms with Gasteiger partial charge in [-0.05, 0) is 54.7 Å². The molecule has 1 unspecified atom stereocenters. The summed E-state index contributed by atoms with van der Waals surface area (Å²) in [6.45, 7) is 4.28. The molecule has 1 aromatic heterocycles. The van der Waals surface area contributed by atoms with E-state index in [1.807, 2.05) is 6.07 Å². The maximum absolute atomic E-state index is 4.97. The molecular weight excluding hydrogens is 356 g/mol. The van der Waals surface area contributed by atoms with Crippen LogP contribution < -0.4 is 10.2 Å². The number of benzene rings is 3. The summed E-state index contributed by atoms with van der Waals surface area (Å²) < 4.78 is 0. The number of piperidine rings is 1. The summed E-state index contributed by atoms with van der Waals surface area (Å²) in [5.74, 6) is 1.76. The number of para-hydroxylation sites is 1. The molecule has 1 atom stereocenters. The van der Waals surface area contributed by atoms with E-state index in [0.29, 0.717) is 0 Å². The number of anilines is 2. The minimum absolute atomic E-state index is 0.133. The summed E-state index contributed by atoms with van der Waals surface area (Å²) in [6, 6.07) is 23.5. The van der Waals surface area contributed by atoms with E-state index in [2.05, 4.69) is 77.8 Å². The number of fused-ring (bicyclic) bond motifs is 2. The van der Waals surface area contributed by atoms with Crippen LogP contribution in [0.1, 0.15) is 37.8 Å². The third-order valence-electron chi connectivity index (χ3n) is 5.87. The van der Waals surface area contributed by atoms with Gasteiger partial charge in [-0.3, -0.25) is 0 Å². The van der Waals surface area contributed by atoms with Crippen LogP contribution in [0.5, 0.6) is 0 Å². The maximum Gasteiger partial charge on any atom is 0.227 e. The van der Waals surface area contributed by atoms with Gasteiger partial charge in [0.1, 0.15) is 5.82 Å². The van der Waals surface area contributed by atoms with E-state index < -0.39 is 0 Å². The molecule has 1 aliphatic heterocycles. The molecule has 2 heterocycles. The minimum Gasteiger partial charge on any atom is -0.363 e. The predicted molar refractivity (Wildman–Crippen MR) is 122 cm³/mol. The molecule has 4 heteroatoms. The molecule has 3 aromatic carbocycles. The normalized spacial score (nSPS) is 15.6. The summed E-state index contributed by atoms with van der Waals surface area (Å²) in [7, 11) is 0. The van der Waals surface area contributed by atoms with E-state index in [1.54, 1.807) is 0 Å². The lowest BCUT2D eigenvalue weighted by molar-refractivity contribution is 0.569. The lowest BCUT2D eigenvalue weighted by Crippen LogP contribution is -2.31. The van der Waals surface area contributed by atoms with E-state index in [1.165, 1.54) is 35.6 Å². The highest BCUT2D eigenvalue weighted by Crippen LogP contribution is 2.30. The zero-order valence-corrected chi connectivity index (χ0v) is 16.8. The quantitative estimate of drug-likeness (QED) is 0.474. The Morgan fingerprint density at radius 1 is 0.793 bits per heavy atom. The van der Waals surface area contributed by atoms with Gasteiger partial charge < -0.3 is 10.2 Å². The molecule has 1 aliphatic rings. The van der Waals surface area contributed by atoms with Crippen molar-refractivity contribution in [1.82, 2.24) is 9.97 Å². The van der Waals surface area contributed by atoms with Crippen LogP contribution in [0.2, 0.25) is 0 Å². The Morgan fingerprint density at radius 2 is 1.52 bits per heavy atom. The van der Waals surface area contributed by atoms with Gasteiger partial charge in [-0.2, -0.15) is 4.98 Å². The van der Waals surface area contributed by atoms with Crippen LogP contribution >= 0.6 is 0 Å². The molecule has 0 bridgehead atoms. The van der Waals surface area contributed by atoms with Crippen molar-refractivity contribution in [1.29, 1.82) is 0 Å². The first kappa shape index (κ1) is 17.9. The zero-order valence-electron chi connectivity index (χ0n) is 16.8. The van der Waals surface area contributed by atoms with Crippen molar-refractivity contribution in [3.63, 3.8) is 0 Å². The topological polar surface area (TPSA) is 41.1 Å². The first-order valence-electron chi connectivity index (χ1n) is 10.6. The van der Waals surface area contributed by atoms with E-state index in [-0.39, 0.29) is 6.04 Å². The van der Waals surface area contributed by atoms with Gasteiger partial charge in [0.2, 0.25) is 5.95 Å². The highest BCUT2D eigenvalue weighted by Gasteiger charge is 2.18. The minimum atomic E-state index is 0.133. The number of nitrogens with zero attached hydrogens (tertiary/aromatic N) is 3. The van der Waals surface area contributed by atoms with Crippen LogP contribution in [-0.2, 0) is 0 Å². The Hall–Kier alpha value is -3.14. The summed E-state index contributed by atoms with van der Waals surface area (Å²) in [5, 5.41) is 7.31. The van der Waals surface area contributed by atoms with Gasteiger partial charge >= 0.3 is 0 Å². The first-order chi connectivity index (χ1) is 14.3. The molecule has 5 rings (SSSR count). The van der Waals surface area contributed by atoms with Crippen molar-refractivity contribution < 1.29 is 0 Å². The molecule has 0 aliphatic carbocycles. The van der Waals surface area contributed by atoms with Gasteiger partial charge in [-0.25, -0.2) is 4.98 Å². The smallest absolute Gasteiger partial charge is 0.227 e. The number of aromatic nitrogens is 2. The molecule has 4 nitrogen and oxygen atoms in total. The van der Waals surface area contributed by atoms with Gasteiger partial charge in [0, 0.05) is 18.5 Å². The van der Waals surface area contributed by atoms with E-state index in [9.17, 15) is 0 Å². The maximum atomic E-state index is 4.97. The van der Waals surface area contributed by atoms with Crippen molar-refractivity contribution in [3.8, 4) is 0 Å². The Bertz CT molecular complexity index is 1140. The van der Waals surface area contributed by atoms with Crippen LogP contribution in [0.15, 0.2) is 66.7 Å². The number of hydrogen-bond acceptors (Lipinski definition) is 4. The van der Waals surface area contributed by atoms with Crippen molar-refractivity contribution >= 4 is 33.4 Å². The fourth-order valence-corrected chi connectivity index (χ4v) is 4.32. The van der Waals surface area contributed by atoms with Crippen LogP contribution in [0, 0.1) is 0 Å². The van der Waals surface area contributed by atoms with Crippen molar-refractivity contribution in [3.05, 3.63) is 72.3 Å². The predicted octanol–water partition coefficient (Wildman–Crippen LogP) is 5.95. The highest BCUT2D eigenvalue weighted by atomic mass is 15.3. The fourth-order valence-electron chi connectivity index (χ4n) is 4.32. The van der Waals surface area contributed by atoms with Crippen LogP contribution in [0.25, 0.3) is 21.7 Å². The lowest BCUT2D eigenvalue weighted by Gasteiger charge is -2.27. The van der Waals surface area contributed by atoms with Gasteiger partial charge in [0.25, 0.3) is 0 Å². The standard InChI is InChI=1S/C25H26N4/c1-18(20-14-9-11-19-10-3-4-12-21(19)20)26-24-22-13-5-6-15-23(22)27-25(28-24)29-16-7-2-8-17-29/h3-6,9-15,18H,2,7-8,16-17H2,1H3,(H,26,27,28). The molecule has 0 spiro atoms. The van der Waals surface area contributed by atoms with Crippen LogP contribution in [0.3, 0.4) is 0 Å². The number of nitrogens with one attached hydrogen (secondary N) is 1. The Labute approximate surface area is 171 Å². The largest absolute Gasteiger partial charge is 0.363 e. The van der Waals surface area contributed by atoms with E-state index >= 15 is 0 Å². The molecule has 1 saturated heterocycles. The average molecular weight is 383 g/mol. The molecule has 146 valence electrons. The number of rotatable bonds is 4. The monoisotopic (exact) mass is 382 g/mol. The summed E-state index contributed by atoms with van der Waals surface area (Å²) in [5.41, 5.74) is 2.28. The molecule has 0 amide bonds. The molecule has 0 radical (unpaired) electrons. The second-order valence-corrected chi connectivity index (χ2v) is 7.87. The lowest BCUT2D eigenvalue weighted by atomic mass is 9.99. The molecule has 0 saturated carbocycles. The fraction of sp³-hybridized carbons (Fsp3) is 0.280. The third kappa shape index (κ3) is 3.51. The Kier molecular flexibility index (Phi) is 4.76. The van der Waals surface area contributed by atoms with Crippen molar-refractivity contribution in [2.45, 2.75) is 32.2 Å². The van der Waals surface area contributed by atoms with Gasteiger partial charge in [0.05, 0.1) is 11.6 Å². The molecule has 1 fully saturated rings. The number of hydrogen-bond donors (Lipinski definition) is 1. The van der Waals surface area contributed by atoms with E-state index in [4.69, 9.17) is 9.97 Å². The van der Waals surface area contributed by atoms with Crippen molar-refractivity contribution in [2.24, 2.45) is 0 Å². The Balaban J connectivity index is 1.55. The summed E-state index contributed by atoms with van der Waals surface area (Å²) in [4.78, 5) is 12.2. The van der Waals surface area contributed by atoms with Gasteiger partial charge in [0.15, 0.2) is 0 Å². The summed E-state index contributed by atoms with van der Waals surface area (Å²) in [6.07, 6.45) is 3.73. The Morgan fingerprint density at radius 3 is 2.38 bits per heavy atom. The van der Waals surface area contributed by atoms with Gasteiger partial charge in [-0.1, -0.05) is 54.6 Å². The van der Waals surface area contributed by atoms with Crippen LogP contribution in [0.4, 0.5) is 11.8 Å². The highest BCUT2D eigenvalue weighted by molar-refractivity contribution is 5.91. The summed E-state index contributed by atoms with van der Waals surface area (Å²) >= 11 is 0. The molecule has 29 heavy (non-hydrogen) atoms. The molecule has 1 N–H and O–H groups in total. The average Bonchev–Trinajstić information content (AvgIpc) is 2.79.